The fourth-order valence-corrected chi connectivity index (χ4v) is 2.41. The number of nitrogens with two attached hydrogens (primary N) is 1. The van der Waals surface area contributed by atoms with Crippen molar-refractivity contribution in [3.63, 3.8) is 0 Å². The first-order valence-corrected chi connectivity index (χ1v) is 6.20. The first-order chi connectivity index (χ1) is 7.66. The van der Waals surface area contributed by atoms with Crippen molar-refractivity contribution >= 4 is 5.97 Å². The van der Waals surface area contributed by atoms with Gasteiger partial charge in [0.25, 0.3) is 0 Å². The molecule has 0 amide bonds. The predicted molar refractivity (Wildman–Crippen MR) is 59.8 cm³/mol. The SMILES string of the molecule is CC1CCC(OC(=O)C2COCC2N)CC1. The van der Waals surface area contributed by atoms with E-state index in [0.717, 1.165) is 31.6 Å². The van der Waals surface area contributed by atoms with Crippen LogP contribution in [0.25, 0.3) is 0 Å². The lowest BCUT2D eigenvalue weighted by Crippen LogP contribution is -2.37. The Morgan fingerprint density at radius 3 is 2.50 bits per heavy atom. The van der Waals surface area contributed by atoms with E-state index >= 15 is 0 Å². The molecule has 2 N–H and O–H groups in total. The van der Waals surface area contributed by atoms with Gasteiger partial charge in [-0.2, -0.15) is 0 Å². The molecule has 2 unspecified atom stereocenters. The highest BCUT2D eigenvalue weighted by molar-refractivity contribution is 5.74. The van der Waals surface area contributed by atoms with Crippen LogP contribution in [0.4, 0.5) is 0 Å². The molecule has 0 aromatic heterocycles. The Labute approximate surface area is 96.5 Å². The molecule has 1 saturated carbocycles. The molecule has 4 nitrogen and oxygen atoms in total. The molecule has 2 atom stereocenters. The van der Waals surface area contributed by atoms with Crippen molar-refractivity contribution in [1.82, 2.24) is 0 Å². The molecular weight excluding hydrogens is 206 g/mol. The second-order valence-corrected chi connectivity index (χ2v) is 5.13. The third-order valence-corrected chi connectivity index (χ3v) is 3.67. The maximum Gasteiger partial charge on any atom is 0.313 e. The average molecular weight is 227 g/mol. The van der Waals surface area contributed by atoms with Crippen LogP contribution in [0.15, 0.2) is 0 Å². The number of carbonyl (C=O) groups excluding carboxylic acids is 1. The summed E-state index contributed by atoms with van der Waals surface area (Å²) in [4.78, 5) is 11.8. The zero-order chi connectivity index (χ0) is 11.5. The molecule has 1 aliphatic carbocycles. The Hall–Kier alpha value is -0.610. The van der Waals surface area contributed by atoms with E-state index in [2.05, 4.69) is 6.92 Å². The van der Waals surface area contributed by atoms with Gasteiger partial charge in [-0.05, 0) is 31.6 Å². The number of esters is 1. The van der Waals surface area contributed by atoms with Crippen molar-refractivity contribution in [3.05, 3.63) is 0 Å². The topological polar surface area (TPSA) is 61.5 Å². The van der Waals surface area contributed by atoms with Gasteiger partial charge in [0.1, 0.15) is 6.10 Å². The highest BCUT2D eigenvalue weighted by Gasteiger charge is 2.34. The summed E-state index contributed by atoms with van der Waals surface area (Å²) in [5.41, 5.74) is 5.78. The molecule has 0 radical (unpaired) electrons. The Bertz CT molecular complexity index is 249. The van der Waals surface area contributed by atoms with Crippen LogP contribution in [0.3, 0.4) is 0 Å². The lowest BCUT2D eigenvalue weighted by Gasteiger charge is -2.27. The van der Waals surface area contributed by atoms with E-state index in [0.29, 0.717) is 13.2 Å². The Kier molecular flexibility index (Phi) is 3.82. The first kappa shape index (κ1) is 11.9. The molecule has 1 aliphatic heterocycles. The van der Waals surface area contributed by atoms with Crippen LogP contribution in [-0.2, 0) is 14.3 Å². The Balaban J connectivity index is 1.78. The van der Waals surface area contributed by atoms with Gasteiger partial charge in [0.05, 0.1) is 19.1 Å². The monoisotopic (exact) mass is 227 g/mol. The molecule has 1 heterocycles. The van der Waals surface area contributed by atoms with Crippen LogP contribution in [0.5, 0.6) is 0 Å². The molecule has 0 aromatic rings. The maximum atomic E-state index is 11.8. The van der Waals surface area contributed by atoms with Crippen molar-refractivity contribution < 1.29 is 14.3 Å². The van der Waals surface area contributed by atoms with Gasteiger partial charge in [-0.1, -0.05) is 6.92 Å². The summed E-state index contributed by atoms with van der Waals surface area (Å²) in [5, 5.41) is 0. The highest BCUT2D eigenvalue weighted by atomic mass is 16.5. The van der Waals surface area contributed by atoms with E-state index in [1.54, 1.807) is 0 Å². The van der Waals surface area contributed by atoms with Crippen molar-refractivity contribution in [1.29, 1.82) is 0 Å². The minimum Gasteiger partial charge on any atom is -0.462 e. The van der Waals surface area contributed by atoms with Crippen molar-refractivity contribution in [2.45, 2.75) is 44.8 Å². The maximum absolute atomic E-state index is 11.8. The zero-order valence-electron chi connectivity index (χ0n) is 9.85. The summed E-state index contributed by atoms with van der Waals surface area (Å²) in [7, 11) is 0. The normalized spacial score (nSPS) is 39.6. The van der Waals surface area contributed by atoms with Crippen LogP contribution in [0, 0.1) is 11.8 Å². The number of carbonyl (C=O) groups is 1. The molecule has 0 aromatic carbocycles. The second-order valence-electron chi connectivity index (χ2n) is 5.13. The number of hydrogen-bond donors (Lipinski definition) is 1. The lowest BCUT2D eigenvalue weighted by atomic mass is 9.89. The molecule has 2 fully saturated rings. The standard InChI is InChI=1S/C12H21NO3/c1-8-2-4-9(5-3-8)16-12(14)10-6-15-7-11(10)13/h8-11H,2-7,13H2,1H3. The summed E-state index contributed by atoms with van der Waals surface area (Å²) >= 11 is 0. The van der Waals surface area contributed by atoms with Crippen LogP contribution >= 0.6 is 0 Å². The minimum atomic E-state index is -0.251. The van der Waals surface area contributed by atoms with Gasteiger partial charge < -0.3 is 15.2 Å². The quantitative estimate of drug-likeness (QED) is 0.717. The van der Waals surface area contributed by atoms with Gasteiger partial charge in [-0.3, -0.25) is 4.79 Å². The molecule has 0 bridgehead atoms. The molecule has 4 heteroatoms. The summed E-state index contributed by atoms with van der Waals surface area (Å²) in [6.45, 7) is 3.14. The van der Waals surface area contributed by atoms with Crippen molar-refractivity contribution in [3.8, 4) is 0 Å². The second kappa shape index (κ2) is 5.15. The molecule has 16 heavy (non-hydrogen) atoms. The van der Waals surface area contributed by atoms with E-state index in [9.17, 15) is 4.79 Å². The Morgan fingerprint density at radius 2 is 1.94 bits per heavy atom. The lowest BCUT2D eigenvalue weighted by molar-refractivity contribution is -0.156. The van der Waals surface area contributed by atoms with Crippen molar-refractivity contribution in [2.75, 3.05) is 13.2 Å². The van der Waals surface area contributed by atoms with E-state index < -0.39 is 0 Å². The minimum absolute atomic E-state index is 0.108. The predicted octanol–water partition coefficient (Wildman–Crippen LogP) is 1.08. The third-order valence-electron chi connectivity index (χ3n) is 3.67. The number of rotatable bonds is 2. The smallest absolute Gasteiger partial charge is 0.313 e. The van der Waals surface area contributed by atoms with E-state index in [4.69, 9.17) is 15.2 Å². The summed E-state index contributed by atoms with van der Waals surface area (Å²) in [6.07, 6.45) is 4.42. The summed E-state index contributed by atoms with van der Waals surface area (Å²) < 4.78 is 10.7. The number of hydrogen-bond acceptors (Lipinski definition) is 4. The van der Waals surface area contributed by atoms with E-state index in [-0.39, 0.29) is 24.0 Å². The molecule has 1 saturated heterocycles. The average Bonchev–Trinajstić information content (AvgIpc) is 2.68. The molecular formula is C12H21NO3. The van der Waals surface area contributed by atoms with Gasteiger partial charge in [-0.25, -0.2) is 0 Å². The van der Waals surface area contributed by atoms with Crippen LogP contribution in [0.2, 0.25) is 0 Å². The summed E-state index contributed by atoms with van der Waals surface area (Å²) in [6, 6.07) is -0.185. The van der Waals surface area contributed by atoms with Crippen LogP contribution in [-0.4, -0.2) is 31.3 Å². The van der Waals surface area contributed by atoms with Gasteiger partial charge in [-0.15, -0.1) is 0 Å². The number of ether oxygens (including phenoxy) is 2. The van der Waals surface area contributed by atoms with Gasteiger partial charge in [0.15, 0.2) is 0 Å². The first-order valence-electron chi connectivity index (χ1n) is 6.20. The fourth-order valence-electron chi connectivity index (χ4n) is 2.41. The highest BCUT2D eigenvalue weighted by Crippen LogP contribution is 2.26. The molecule has 2 aliphatic rings. The fraction of sp³-hybridized carbons (Fsp3) is 0.917. The van der Waals surface area contributed by atoms with E-state index in [1.807, 2.05) is 0 Å². The van der Waals surface area contributed by atoms with Gasteiger partial charge in [0, 0.05) is 6.04 Å². The molecule has 2 rings (SSSR count). The van der Waals surface area contributed by atoms with Crippen LogP contribution < -0.4 is 5.73 Å². The Morgan fingerprint density at radius 1 is 1.25 bits per heavy atom. The van der Waals surface area contributed by atoms with Crippen molar-refractivity contribution in [2.24, 2.45) is 17.6 Å². The zero-order valence-corrected chi connectivity index (χ0v) is 9.85. The summed E-state index contributed by atoms with van der Waals surface area (Å²) in [5.74, 6) is 0.357. The van der Waals surface area contributed by atoms with Gasteiger partial charge >= 0.3 is 5.97 Å². The van der Waals surface area contributed by atoms with Gasteiger partial charge in [0.2, 0.25) is 0 Å². The van der Waals surface area contributed by atoms with E-state index in [1.165, 1.54) is 0 Å². The third kappa shape index (κ3) is 2.74. The molecule has 0 spiro atoms. The largest absolute Gasteiger partial charge is 0.462 e. The van der Waals surface area contributed by atoms with Crippen LogP contribution in [0.1, 0.15) is 32.6 Å². The molecule has 92 valence electrons.